The smallest absolute Gasteiger partial charge is 0.313 e. The fourth-order valence-electron chi connectivity index (χ4n) is 2.74. The summed E-state index contributed by atoms with van der Waals surface area (Å²) in [7, 11) is 0. The van der Waals surface area contributed by atoms with E-state index in [0.29, 0.717) is 13.1 Å². The first kappa shape index (κ1) is 15.5. The molecule has 1 aliphatic heterocycles. The van der Waals surface area contributed by atoms with Gasteiger partial charge >= 0.3 is 11.8 Å². The second-order valence-corrected chi connectivity index (χ2v) is 5.62. The molecule has 5 nitrogen and oxygen atoms in total. The van der Waals surface area contributed by atoms with Crippen LogP contribution in [0.5, 0.6) is 0 Å². The van der Waals surface area contributed by atoms with Gasteiger partial charge in [0.2, 0.25) is 0 Å². The van der Waals surface area contributed by atoms with Crippen molar-refractivity contribution in [2.75, 3.05) is 31.5 Å². The molecule has 114 valence electrons. The van der Waals surface area contributed by atoms with Gasteiger partial charge in [0, 0.05) is 25.3 Å². The summed E-state index contributed by atoms with van der Waals surface area (Å²) in [5.41, 5.74) is 3.84. The lowest BCUT2D eigenvalue weighted by Gasteiger charge is -2.20. The number of anilines is 1. The van der Waals surface area contributed by atoms with E-state index in [1.165, 1.54) is 0 Å². The maximum atomic E-state index is 12.2. The van der Waals surface area contributed by atoms with E-state index < -0.39 is 11.8 Å². The predicted molar refractivity (Wildman–Crippen MR) is 83.3 cm³/mol. The van der Waals surface area contributed by atoms with Crippen molar-refractivity contribution < 1.29 is 9.59 Å². The van der Waals surface area contributed by atoms with Gasteiger partial charge in [0.15, 0.2) is 0 Å². The third-order valence-corrected chi connectivity index (χ3v) is 3.74. The topological polar surface area (TPSA) is 61.4 Å². The predicted octanol–water partition coefficient (Wildman–Crippen LogP) is 1.37. The van der Waals surface area contributed by atoms with E-state index in [-0.39, 0.29) is 0 Å². The quantitative estimate of drug-likeness (QED) is 0.768. The highest BCUT2D eigenvalue weighted by molar-refractivity contribution is 6.39. The maximum Gasteiger partial charge on any atom is 0.313 e. The highest BCUT2D eigenvalue weighted by atomic mass is 16.2. The SMILES string of the molecule is Cc1cc(C)c(NC(=O)C(=O)N2CCCNCC2)c(C)c1. The summed E-state index contributed by atoms with van der Waals surface area (Å²) in [5.74, 6) is -0.995. The molecule has 1 saturated heterocycles. The summed E-state index contributed by atoms with van der Waals surface area (Å²) < 4.78 is 0. The average molecular weight is 289 g/mol. The molecule has 21 heavy (non-hydrogen) atoms. The zero-order valence-corrected chi connectivity index (χ0v) is 13.0. The molecule has 0 saturated carbocycles. The minimum Gasteiger partial charge on any atom is -0.333 e. The summed E-state index contributed by atoms with van der Waals surface area (Å²) in [4.78, 5) is 26.0. The Kier molecular flexibility index (Phi) is 4.96. The van der Waals surface area contributed by atoms with Gasteiger partial charge < -0.3 is 15.5 Å². The van der Waals surface area contributed by atoms with E-state index in [9.17, 15) is 9.59 Å². The molecule has 0 aliphatic carbocycles. The lowest BCUT2D eigenvalue weighted by atomic mass is 10.1. The molecular formula is C16H23N3O2. The Labute approximate surface area is 125 Å². The average Bonchev–Trinajstić information content (AvgIpc) is 2.70. The summed E-state index contributed by atoms with van der Waals surface area (Å²) in [6.07, 6.45) is 0.877. The second-order valence-electron chi connectivity index (χ2n) is 5.62. The van der Waals surface area contributed by atoms with E-state index in [1.807, 2.05) is 32.9 Å². The number of nitrogens with zero attached hydrogens (tertiary/aromatic N) is 1. The van der Waals surface area contributed by atoms with Crippen LogP contribution in [-0.4, -0.2) is 42.9 Å². The molecule has 1 aliphatic rings. The monoisotopic (exact) mass is 289 g/mol. The third kappa shape index (κ3) is 3.82. The Morgan fingerprint density at radius 3 is 2.43 bits per heavy atom. The second kappa shape index (κ2) is 6.72. The number of hydrogen-bond acceptors (Lipinski definition) is 3. The van der Waals surface area contributed by atoms with Gasteiger partial charge in [-0.15, -0.1) is 0 Å². The molecule has 0 radical (unpaired) electrons. The number of carbonyl (C=O) groups is 2. The van der Waals surface area contributed by atoms with Crippen LogP contribution in [-0.2, 0) is 9.59 Å². The van der Waals surface area contributed by atoms with Crippen LogP contribution >= 0.6 is 0 Å². The Balaban J connectivity index is 2.08. The molecule has 2 amide bonds. The van der Waals surface area contributed by atoms with E-state index in [0.717, 1.165) is 41.9 Å². The standard InChI is InChI=1S/C16H23N3O2/c1-11-9-12(2)14(13(3)10-11)18-15(20)16(21)19-7-4-5-17-6-8-19/h9-10,17H,4-8H2,1-3H3,(H,18,20). The van der Waals surface area contributed by atoms with Crippen molar-refractivity contribution in [3.05, 3.63) is 28.8 Å². The first-order valence-electron chi connectivity index (χ1n) is 7.38. The molecule has 1 fully saturated rings. The highest BCUT2D eigenvalue weighted by Crippen LogP contribution is 2.21. The van der Waals surface area contributed by atoms with Gasteiger partial charge in [0.05, 0.1) is 0 Å². The molecule has 1 aromatic carbocycles. The number of amides is 2. The van der Waals surface area contributed by atoms with E-state index in [1.54, 1.807) is 4.90 Å². The van der Waals surface area contributed by atoms with Crippen molar-refractivity contribution >= 4 is 17.5 Å². The highest BCUT2D eigenvalue weighted by Gasteiger charge is 2.23. The van der Waals surface area contributed by atoms with E-state index in [2.05, 4.69) is 10.6 Å². The van der Waals surface area contributed by atoms with Crippen LogP contribution < -0.4 is 10.6 Å². The van der Waals surface area contributed by atoms with E-state index in [4.69, 9.17) is 0 Å². The van der Waals surface area contributed by atoms with Crippen molar-refractivity contribution in [3.63, 3.8) is 0 Å². The maximum absolute atomic E-state index is 12.2. The fourth-order valence-corrected chi connectivity index (χ4v) is 2.74. The molecule has 2 rings (SSSR count). The largest absolute Gasteiger partial charge is 0.333 e. The number of benzene rings is 1. The van der Waals surface area contributed by atoms with Gasteiger partial charge in [-0.2, -0.15) is 0 Å². The third-order valence-electron chi connectivity index (χ3n) is 3.74. The zero-order chi connectivity index (χ0) is 15.4. The lowest BCUT2D eigenvalue weighted by Crippen LogP contribution is -2.41. The zero-order valence-electron chi connectivity index (χ0n) is 13.0. The Bertz CT molecular complexity index is 523. The minimum atomic E-state index is -0.549. The van der Waals surface area contributed by atoms with Gasteiger partial charge in [-0.1, -0.05) is 17.7 Å². The van der Waals surface area contributed by atoms with E-state index >= 15 is 0 Å². The summed E-state index contributed by atoms with van der Waals surface area (Å²) >= 11 is 0. The molecule has 1 aromatic rings. The normalized spacial score (nSPS) is 15.5. The summed E-state index contributed by atoms with van der Waals surface area (Å²) in [5, 5.41) is 5.99. The molecule has 2 N–H and O–H groups in total. The summed E-state index contributed by atoms with van der Waals surface area (Å²) in [6, 6.07) is 4.01. The summed E-state index contributed by atoms with van der Waals surface area (Å²) in [6.45, 7) is 8.74. The molecule has 0 bridgehead atoms. The van der Waals surface area contributed by atoms with Crippen LogP contribution in [0.15, 0.2) is 12.1 Å². The van der Waals surface area contributed by atoms with Crippen LogP contribution in [0, 0.1) is 20.8 Å². The van der Waals surface area contributed by atoms with Gasteiger partial charge in [-0.3, -0.25) is 9.59 Å². The number of hydrogen-bond donors (Lipinski definition) is 2. The Morgan fingerprint density at radius 2 is 1.76 bits per heavy atom. The fraction of sp³-hybridized carbons (Fsp3) is 0.500. The molecular weight excluding hydrogens is 266 g/mol. The van der Waals surface area contributed by atoms with Gasteiger partial charge in [-0.25, -0.2) is 0 Å². The van der Waals surface area contributed by atoms with Crippen molar-refractivity contribution in [3.8, 4) is 0 Å². The van der Waals surface area contributed by atoms with Crippen molar-refractivity contribution in [2.24, 2.45) is 0 Å². The number of nitrogens with one attached hydrogen (secondary N) is 2. The molecule has 0 spiro atoms. The number of aryl methyl sites for hydroxylation is 3. The molecule has 0 aromatic heterocycles. The van der Waals surface area contributed by atoms with Crippen LogP contribution in [0.2, 0.25) is 0 Å². The van der Waals surface area contributed by atoms with Crippen LogP contribution in [0.4, 0.5) is 5.69 Å². The number of carbonyl (C=O) groups excluding carboxylic acids is 2. The molecule has 0 atom stereocenters. The molecule has 5 heteroatoms. The van der Waals surface area contributed by atoms with Crippen molar-refractivity contribution in [1.29, 1.82) is 0 Å². The molecule has 1 heterocycles. The minimum absolute atomic E-state index is 0.446. The van der Waals surface area contributed by atoms with Crippen LogP contribution in [0.25, 0.3) is 0 Å². The van der Waals surface area contributed by atoms with Gasteiger partial charge in [-0.05, 0) is 44.9 Å². The Hall–Kier alpha value is -1.88. The first-order valence-corrected chi connectivity index (χ1v) is 7.38. The van der Waals surface area contributed by atoms with Gasteiger partial charge in [0.25, 0.3) is 0 Å². The van der Waals surface area contributed by atoms with Crippen molar-refractivity contribution in [1.82, 2.24) is 10.2 Å². The van der Waals surface area contributed by atoms with Crippen LogP contribution in [0.3, 0.4) is 0 Å². The van der Waals surface area contributed by atoms with Crippen molar-refractivity contribution in [2.45, 2.75) is 27.2 Å². The number of rotatable bonds is 1. The van der Waals surface area contributed by atoms with Crippen LogP contribution in [0.1, 0.15) is 23.1 Å². The Morgan fingerprint density at radius 1 is 1.10 bits per heavy atom. The lowest BCUT2D eigenvalue weighted by molar-refractivity contribution is -0.143. The first-order chi connectivity index (χ1) is 9.99. The molecule has 0 unspecified atom stereocenters. The van der Waals surface area contributed by atoms with Gasteiger partial charge in [0.1, 0.15) is 0 Å².